The van der Waals surface area contributed by atoms with E-state index < -0.39 is 11.9 Å². The Kier molecular flexibility index (Phi) is 7.74. The van der Waals surface area contributed by atoms with Crippen LogP contribution < -0.4 is 0 Å². The van der Waals surface area contributed by atoms with E-state index in [0.717, 1.165) is 25.9 Å². The molecule has 2 rings (SSSR count). The molecule has 0 aromatic rings. The van der Waals surface area contributed by atoms with Crippen molar-refractivity contribution in [3.8, 4) is 0 Å². The summed E-state index contributed by atoms with van der Waals surface area (Å²) in [7, 11) is 0. The quantitative estimate of drug-likeness (QED) is 0.571. The summed E-state index contributed by atoms with van der Waals surface area (Å²) in [6, 6.07) is 0. The van der Waals surface area contributed by atoms with Crippen molar-refractivity contribution in [2.24, 2.45) is 0 Å². The highest BCUT2D eigenvalue weighted by Gasteiger charge is 2.19. The molecule has 0 saturated carbocycles. The number of hydrogen-bond acceptors (Lipinski definition) is 4. The van der Waals surface area contributed by atoms with Crippen molar-refractivity contribution < 1.29 is 24.6 Å². The van der Waals surface area contributed by atoms with E-state index >= 15 is 0 Å². The fourth-order valence-corrected chi connectivity index (χ4v) is 2.58. The highest BCUT2D eigenvalue weighted by molar-refractivity contribution is 6.27. The molecular weight excluding hydrogens is 276 g/mol. The SMILES string of the molecule is O=C(O)C(=O)O.O=C1CCCN1CCCCN1CCCC1. The predicted molar refractivity (Wildman–Crippen MR) is 76.0 cm³/mol. The van der Waals surface area contributed by atoms with Crippen LogP contribution in [0.25, 0.3) is 0 Å². The molecule has 2 aliphatic heterocycles. The lowest BCUT2D eigenvalue weighted by molar-refractivity contribution is -0.159. The van der Waals surface area contributed by atoms with Gasteiger partial charge < -0.3 is 20.0 Å². The Morgan fingerprint density at radius 1 is 0.905 bits per heavy atom. The van der Waals surface area contributed by atoms with E-state index in [-0.39, 0.29) is 0 Å². The number of likely N-dealkylation sites (tertiary alicyclic amines) is 2. The number of aliphatic carboxylic acids is 2. The van der Waals surface area contributed by atoms with Gasteiger partial charge >= 0.3 is 11.9 Å². The van der Waals surface area contributed by atoms with Gasteiger partial charge in [-0.3, -0.25) is 4.79 Å². The topological polar surface area (TPSA) is 98.1 Å². The molecule has 0 aromatic carbocycles. The average molecular weight is 300 g/mol. The fourth-order valence-electron chi connectivity index (χ4n) is 2.58. The van der Waals surface area contributed by atoms with Crippen LogP contribution >= 0.6 is 0 Å². The molecule has 1 amide bonds. The second kappa shape index (κ2) is 9.33. The number of carboxylic acid groups (broad SMARTS) is 2. The lowest BCUT2D eigenvalue weighted by Gasteiger charge is -2.17. The van der Waals surface area contributed by atoms with E-state index in [4.69, 9.17) is 19.8 Å². The summed E-state index contributed by atoms with van der Waals surface area (Å²) in [5, 5.41) is 14.8. The summed E-state index contributed by atoms with van der Waals surface area (Å²) in [5.74, 6) is -3.28. The zero-order chi connectivity index (χ0) is 15.7. The van der Waals surface area contributed by atoms with Crippen LogP contribution in [0.3, 0.4) is 0 Å². The van der Waals surface area contributed by atoms with Crippen molar-refractivity contribution in [1.82, 2.24) is 9.80 Å². The average Bonchev–Trinajstić information content (AvgIpc) is 3.07. The first-order valence-corrected chi connectivity index (χ1v) is 7.47. The maximum absolute atomic E-state index is 11.3. The summed E-state index contributed by atoms with van der Waals surface area (Å²) in [5.41, 5.74) is 0. The van der Waals surface area contributed by atoms with Crippen molar-refractivity contribution in [3.05, 3.63) is 0 Å². The van der Waals surface area contributed by atoms with Crippen molar-refractivity contribution in [1.29, 1.82) is 0 Å². The molecule has 21 heavy (non-hydrogen) atoms. The first-order chi connectivity index (χ1) is 10.0. The van der Waals surface area contributed by atoms with Gasteiger partial charge in [-0.05, 0) is 51.7 Å². The van der Waals surface area contributed by atoms with Gasteiger partial charge in [-0.25, -0.2) is 9.59 Å². The molecule has 0 bridgehead atoms. The maximum Gasteiger partial charge on any atom is 0.414 e. The van der Waals surface area contributed by atoms with Crippen LogP contribution in [0.1, 0.15) is 38.5 Å². The van der Waals surface area contributed by atoms with E-state index in [1.165, 1.54) is 45.3 Å². The third kappa shape index (κ3) is 7.08. The molecule has 2 heterocycles. The monoisotopic (exact) mass is 300 g/mol. The molecule has 0 aromatic heterocycles. The van der Waals surface area contributed by atoms with E-state index in [0.29, 0.717) is 5.91 Å². The van der Waals surface area contributed by atoms with Crippen LogP contribution in [-0.4, -0.2) is 70.6 Å². The van der Waals surface area contributed by atoms with Crippen molar-refractivity contribution >= 4 is 17.8 Å². The van der Waals surface area contributed by atoms with Gasteiger partial charge in [0.1, 0.15) is 0 Å². The highest BCUT2D eigenvalue weighted by atomic mass is 16.4. The molecule has 0 unspecified atom stereocenters. The van der Waals surface area contributed by atoms with Gasteiger partial charge in [-0.1, -0.05) is 0 Å². The van der Waals surface area contributed by atoms with Gasteiger partial charge in [0.25, 0.3) is 0 Å². The maximum atomic E-state index is 11.3. The van der Waals surface area contributed by atoms with E-state index in [1.54, 1.807) is 0 Å². The number of carbonyl (C=O) groups excluding carboxylic acids is 1. The number of carbonyl (C=O) groups is 3. The van der Waals surface area contributed by atoms with Crippen molar-refractivity contribution in [2.75, 3.05) is 32.7 Å². The Bertz CT molecular complexity index is 354. The lowest BCUT2D eigenvalue weighted by Crippen LogP contribution is -2.27. The Balaban J connectivity index is 0.000000315. The molecule has 2 fully saturated rings. The predicted octanol–water partition coefficient (Wildman–Crippen LogP) is 0.640. The van der Waals surface area contributed by atoms with Crippen LogP contribution in [0.5, 0.6) is 0 Å². The van der Waals surface area contributed by atoms with Gasteiger partial charge in [0.15, 0.2) is 0 Å². The summed E-state index contributed by atoms with van der Waals surface area (Å²) in [6.07, 6.45) is 7.05. The number of hydrogen-bond donors (Lipinski definition) is 2. The zero-order valence-electron chi connectivity index (χ0n) is 12.3. The van der Waals surface area contributed by atoms with E-state index in [9.17, 15) is 4.79 Å². The first-order valence-electron chi connectivity index (χ1n) is 7.47. The number of unbranched alkanes of at least 4 members (excludes halogenated alkanes) is 1. The zero-order valence-corrected chi connectivity index (χ0v) is 12.3. The molecule has 2 saturated heterocycles. The Morgan fingerprint density at radius 2 is 1.48 bits per heavy atom. The lowest BCUT2D eigenvalue weighted by atomic mass is 10.3. The van der Waals surface area contributed by atoms with Gasteiger partial charge in [0, 0.05) is 19.5 Å². The molecule has 0 atom stereocenters. The third-order valence-corrected chi connectivity index (χ3v) is 3.71. The summed E-state index contributed by atoms with van der Waals surface area (Å²) in [4.78, 5) is 34.1. The first kappa shape index (κ1) is 17.4. The highest BCUT2D eigenvalue weighted by Crippen LogP contribution is 2.12. The number of rotatable bonds is 5. The molecule has 0 aliphatic carbocycles. The second-order valence-electron chi connectivity index (χ2n) is 5.35. The third-order valence-electron chi connectivity index (χ3n) is 3.71. The Hall–Kier alpha value is -1.63. The van der Waals surface area contributed by atoms with Gasteiger partial charge in [0.05, 0.1) is 0 Å². The van der Waals surface area contributed by atoms with Gasteiger partial charge in [-0.2, -0.15) is 0 Å². The second-order valence-corrected chi connectivity index (χ2v) is 5.35. The normalized spacial score (nSPS) is 18.5. The van der Waals surface area contributed by atoms with Crippen molar-refractivity contribution in [2.45, 2.75) is 38.5 Å². The standard InChI is InChI=1S/C12H22N2O.C2H2O4/c15-12-6-5-11-14(12)10-4-3-9-13-7-1-2-8-13;3-1(4)2(5)6/h1-11H2;(H,3,4)(H,5,6). The van der Waals surface area contributed by atoms with Crippen LogP contribution in [0.15, 0.2) is 0 Å². The molecule has 0 radical (unpaired) electrons. The van der Waals surface area contributed by atoms with E-state index in [2.05, 4.69) is 4.90 Å². The molecule has 0 spiro atoms. The molecular formula is C14H24N2O5. The minimum absolute atomic E-state index is 0.371. The minimum Gasteiger partial charge on any atom is -0.473 e. The number of amides is 1. The Labute approximate surface area is 124 Å². The van der Waals surface area contributed by atoms with Gasteiger partial charge in [-0.15, -0.1) is 0 Å². The van der Waals surface area contributed by atoms with Gasteiger partial charge in [0.2, 0.25) is 5.91 Å². The summed E-state index contributed by atoms with van der Waals surface area (Å²) in [6.45, 7) is 5.82. The molecule has 7 heteroatoms. The fraction of sp³-hybridized carbons (Fsp3) is 0.786. The Morgan fingerprint density at radius 3 is 1.95 bits per heavy atom. The molecule has 2 aliphatic rings. The molecule has 2 N–H and O–H groups in total. The molecule has 120 valence electrons. The minimum atomic E-state index is -1.82. The van der Waals surface area contributed by atoms with Crippen LogP contribution in [0, 0.1) is 0 Å². The number of carboxylic acids is 2. The van der Waals surface area contributed by atoms with Crippen LogP contribution in [0.4, 0.5) is 0 Å². The summed E-state index contributed by atoms with van der Waals surface area (Å²) < 4.78 is 0. The van der Waals surface area contributed by atoms with Crippen molar-refractivity contribution in [3.63, 3.8) is 0 Å². The summed E-state index contributed by atoms with van der Waals surface area (Å²) >= 11 is 0. The molecule has 7 nitrogen and oxygen atoms in total. The largest absolute Gasteiger partial charge is 0.473 e. The van der Waals surface area contributed by atoms with E-state index in [1.807, 2.05) is 4.90 Å². The van der Waals surface area contributed by atoms with Crippen LogP contribution in [0.2, 0.25) is 0 Å². The number of nitrogens with zero attached hydrogens (tertiary/aromatic N) is 2. The van der Waals surface area contributed by atoms with Crippen LogP contribution in [-0.2, 0) is 14.4 Å². The smallest absolute Gasteiger partial charge is 0.414 e.